The molecule has 3 rings (SSSR count). The van der Waals surface area contributed by atoms with Crippen LogP contribution in [-0.2, 0) is 17.8 Å². The van der Waals surface area contributed by atoms with Crippen LogP contribution in [0.3, 0.4) is 0 Å². The lowest BCUT2D eigenvalue weighted by molar-refractivity contribution is -0.118. The SMILES string of the molecule is Cc1nc2c(c(N3CCN(C=O)CC3)n1)CNCC2. The molecule has 1 saturated heterocycles. The summed E-state index contributed by atoms with van der Waals surface area (Å²) in [5.74, 6) is 1.90. The van der Waals surface area contributed by atoms with Gasteiger partial charge in [0.25, 0.3) is 0 Å². The summed E-state index contributed by atoms with van der Waals surface area (Å²) in [7, 11) is 0. The van der Waals surface area contributed by atoms with Gasteiger partial charge < -0.3 is 15.1 Å². The van der Waals surface area contributed by atoms with Gasteiger partial charge in [-0.3, -0.25) is 4.79 Å². The van der Waals surface area contributed by atoms with Gasteiger partial charge in [0.1, 0.15) is 11.6 Å². The Morgan fingerprint density at radius 2 is 2.00 bits per heavy atom. The maximum atomic E-state index is 10.8. The van der Waals surface area contributed by atoms with E-state index < -0.39 is 0 Å². The second-order valence-corrected chi connectivity index (χ2v) is 5.07. The van der Waals surface area contributed by atoms with Gasteiger partial charge in [0, 0.05) is 51.3 Å². The first-order chi connectivity index (χ1) is 9.28. The molecule has 1 aromatic heterocycles. The number of nitrogens with zero attached hydrogens (tertiary/aromatic N) is 4. The van der Waals surface area contributed by atoms with Crippen LogP contribution < -0.4 is 10.2 Å². The van der Waals surface area contributed by atoms with Gasteiger partial charge in [-0.1, -0.05) is 0 Å². The van der Waals surface area contributed by atoms with Gasteiger partial charge in [0.15, 0.2) is 0 Å². The minimum absolute atomic E-state index is 0.773. The number of rotatable bonds is 2. The third kappa shape index (κ3) is 2.40. The molecule has 6 heteroatoms. The van der Waals surface area contributed by atoms with Crippen LogP contribution in [0.4, 0.5) is 5.82 Å². The van der Waals surface area contributed by atoms with Gasteiger partial charge in [-0.2, -0.15) is 0 Å². The van der Waals surface area contributed by atoms with Gasteiger partial charge in [-0.15, -0.1) is 0 Å². The molecule has 1 amide bonds. The minimum atomic E-state index is 0.773. The molecular weight excluding hydrogens is 242 g/mol. The van der Waals surface area contributed by atoms with Crippen molar-refractivity contribution in [2.24, 2.45) is 0 Å². The monoisotopic (exact) mass is 261 g/mol. The van der Waals surface area contributed by atoms with E-state index >= 15 is 0 Å². The van der Waals surface area contributed by atoms with E-state index in [-0.39, 0.29) is 0 Å². The first-order valence-electron chi connectivity index (χ1n) is 6.79. The highest BCUT2D eigenvalue weighted by Crippen LogP contribution is 2.24. The van der Waals surface area contributed by atoms with Crippen LogP contribution in [0.25, 0.3) is 0 Å². The van der Waals surface area contributed by atoms with E-state index in [1.54, 1.807) is 0 Å². The molecule has 2 aliphatic rings. The lowest BCUT2D eigenvalue weighted by Gasteiger charge is -2.35. The molecule has 2 aliphatic heterocycles. The lowest BCUT2D eigenvalue weighted by atomic mass is 10.1. The number of carbonyl (C=O) groups excluding carboxylic acids is 1. The van der Waals surface area contributed by atoms with Crippen LogP contribution in [0.15, 0.2) is 0 Å². The highest BCUT2D eigenvalue weighted by Gasteiger charge is 2.23. The van der Waals surface area contributed by atoms with Crippen molar-refractivity contribution >= 4 is 12.2 Å². The molecule has 1 aromatic rings. The standard InChI is InChI=1S/C13H19N5O/c1-10-15-12-2-3-14-8-11(12)13(16-10)18-6-4-17(9-19)5-7-18/h9,14H,2-8H2,1H3. The van der Waals surface area contributed by atoms with E-state index in [4.69, 9.17) is 0 Å². The summed E-state index contributed by atoms with van der Waals surface area (Å²) in [5, 5.41) is 3.39. The Morgan fingerprint density at radius 1 is 1.21 bits per heavy atom. The molecule has 0 aromatic carbocycles. The quantitative estimate of drug-likeness (QED) is 0.741. The smallest absolute Gasteiger partial charge is 0.209 e. The first kappa shape index (κ1) is 12.3. The molecule has 3 heterocycles. The highest BCUT2D eigenvalue weighted by molar-refractivity contribution is 5.53. The lowest BCUT2D eigenvalue weighted by Crippen LogP contribution is -2.46. The molecule has 102 valence electrons. The predicted octanol–water partition coefficient (Wildman–Crippen LogP) is -0.291. The summed E-state index contributed by atoms with van der Waals surface area (Å²) < 4.78 is 0. The third-order valence-electron chi connectivity index (χ3n) is 3.79. The average molecular weight is 261 g/mol. The molecule has 0 bridgehead atoms. The fourth-order valence-corrected chi connectivity index (χ4v) is 2.75. The van der Waals surface area contributed by atoms with Gasteiger partial charge in [-0.25, -0.2) is 9.97 Å². The molecule has 0 spiro atoms. The van der Waals surface area contributed by atoms with Crippen molar-refractivity contribution in [2.75, 3.05) is 37.6 Å². The second-order valence-electron chi connectivity index (χ2n) is 5.07. The summed E-state index contributed by atoms with van der Waals surface area (Å²) in [6, 6.07) is 0. The number of piperazine rings is 1. The average Bonchev–Trinajstić information content (AvgIpc) is 2.46. The van der Waals surface area contributed by atoms with Gasteiger partial charge in [0.2, 0.25) is 6.41 Å². The van der Waals surface area contributed by atoms with Crippen molar-refractivity contribution in [1.82, 2.24) is 20.2 Å². The van der Waals surface area contributed by atoms with E-state index in [9.17, 15) is 4.79 Å². The van der Waals surface area contributed by atoms with E-state index in [2.05, 4.69) is 20.2 Å². The van der Waals surface area contributed by atoms with E-state index in [0.29, 0.717) is 0 Å². The first-order valence-corrected chi connectivity index (χ1v) is 6.79. The summed E-state index contributed by atoms with van der Waals surface area (Å²) >= 11 is 0. The van der Waals surface area contributed by atoms with Crippen molar-refractivity contribution in [3.05, 3.63) is 17.1 Å². The van der Waals surface area contributed by atoms with Crippen LogP contribution in [0, 0.1) is 6.92 Å². The van der Waals surface area contributed by atoms with Crippen molar-refractivity contribution in [3.63, 3.8) is 0 Å². The summed E-state index contributed by atoms with van der Waals surface area (Å²) in [6.07, 6.45) is 1.90. The Labute approximate surface area is 112 Å². The zero-order valence-electron chi connectivity index (χ0n) is 11.2. The van der Waals surface area contributed by atoms with Crippen molar-refractivity contribution in [3.8, 4) is 0 Å². The van der Waals surface area contributed by atoms with Crippen LogP contribution in [0.2, 0.25) is 0 Å². The van der Waals surface area contributed by atoms with Crippen LogP contribution >= 0.6 is 0 Å². The second kappa shape index (κ2) is 5.13. The van der Waals surface area contributed by atoms with Crippen molar-refractivity contribution < 1.29 is 4.79 Å². The molecule has 0 radical (unpaired) electrons. The number of anilines is 1. The normalized spacial score (nSPS) is 19.2. The van der Waals surface area contributed by atoms with Gasteiger partial charge in [0.05, 0.1) is 5.69 Å². The molecule has 1 fully saturated rings. The molecular formula is C13H19N5O. The van der Waals surface area contributed by atoms with Crippen molar-refractivity contribution in [1.29, 1.82) is 0 Å². The van der Waals surface area contributed by atoms with E-state index in [1.165, 1.54) is 11.3 Å². The molecule has 6 nitrogen and oxygen atoms in total. The molecule has 0 saturated carbocycles. The zero-order chi connectivity index (χ0) is 13.2. The summed E-state index contributed by atoms with van der Waals surface area (Å²) in [5.41, 5.74) is 2.41. The highest BCUT2D eigenvalue weighted by atomic mass is 16.1. The molecule has 0 aliphatic carbocycles. The number of carbonyl (C=O) groups is 1. The van der Waals surface area contributed by atoms with E-state index in [0.717, 1.165) is 63.7 Å². The maximum Gasteiger partial charge on any atom is 0.209 e. The van der Waals surface area contributed by atoms with Crippen molar-refractivity contribution in [2.45, 2.75) is 19.9 Å². The molecule has 0 unspecified atom stereocenters. The number of aromatic nitrogens is 2. The van der Waals surface area contributed by atoms with Gasteiger partial charge in [-0.05, 0) is 6.92 Å². The summed E-state index contributed by atoms with van der Waals surface area (Å²) in [4.78, 5) is 24.0. The van der Waals surface area contributed by atoms with Crippen LogP contribution in [0.1, 0.15) is 17.1 Å². The van der Waals surface area contributed by atoms with Crippen LogP contribution in [0.5, 0.6) is 0 Å². The number of nitrogens with one attached hydrogen (secondary N) is 1. The largest absolute Gasteiger partial charge is 0.353 e. The fraction of sp³-hybridized carbons (Fsp3) is 0.615. The Morgan fingerprint density at radius 3 is 2.74 bits per heavy atom. The molecule has 0 atom stereocenters. The topological polar surface area (TPSA) is 61.4 Å². The number of amides is 1. The van der Waals surface area contributed by atoms with Gasteiger partial charge >= 0.3 is 0 Å². The molecule has 19 heavy (non-hydrogen) atoms. The Balaban J connectivity index is 1.88. The minimum Gasteiger partial charge on any atom is -0.353 e. The Bertz CT molecular complexity index is 482. The number of hydrogen-bond donors (Lipinski definition) is 1. The predicted molar refractivity (Wildman–Crippen MR) is 72.0 cm³/mol. The Hall–Kier alpha value is -1.69. The maximum absolute atomic E-state index is 10.8. The van der Waals surface area contributed by atoms with Crippen LogP contribution in [-0.4, -0.2) is 54.0 Å². The fourth-order valence-electron chi connectivity index (χ4n) is 2.75. The number of aryl methyl sites for hydroxylation is 1. The summed E-state index contributed by atoms with van der Waals surface area (Å²) in [6.45, 7) is 7.03. The zero-order valence-corrected chi connectivity index (χ0v) is 11.2. The number of fused-ring (bicyclic) bond motifs is 1. The van der Waals surface area contributed by atoms with E-state index in [1.807, 2.05) is 11.8 Å². The third-order valence-corrected chi connectivity index (χ3v) is 3.79. The number of hydrogen-bond acceptors (Lipinski definition) is 5. The Kier molecular flexibility index (Phi) is 3.33. The molecule has 1 N–H and O–H groups in total.